The summed E-state index contributed by atoms with van der Waals surface area (Å²) in [7, 11) is 0. The van der Waals surface area contributed by atoms with Crippen molar-refractivity contribution < 1.29 is 4.42 Å². The molecule has 2 aromatic heterocycles. The molecule has 2 nitrogen and oxygen atoms in total. The molecule has 10 aromatic rings. The zero-order chi connectivity index (χ0) is 30.9. The summed E-state index contributed by atoms with van der Waals surface area (Å²) in [4.78, 5) is 2.40. The monoisotopic (exact) mass is 617 g/mol. The van der Waals surface area contributed by atoms with Crippen LogP contribution in [0, 0.1) is 0 Å². The Labute approximate surface area is 275 Å². The van der Waals surface area contributed by atoms with Crippen LogP contribution in [-0.4, -0.2) is 0 Å². The summed E-state index contributed by atoms with van der Waals surface area (Å²) < 4.78 is 9.25. The number of hydrogen-bond donors (Lipinski definition) is 0. The lowest BCUT2D eigenvalue weighted by Gasteiger charge is -2.27. The lowest BCUT2D eigenvalue weighted by Crippen LogP contribution is -2.10. The molecule has 0 N–H and O–H groups in total. The van der Waals surface area contributed by atoms with Gasteiger partial charge in [-0.2, -0.15) is 0 Å². The molecule has 0 bridgehead atoms. The average Bonchev–Trinajstić information content (AvgIpc) is 3.71. The predicted molar refractivity (Wildman–Crippen MR) is 202 cm³/mol. The molecular weight excluding hydrogens is 591 g/mol. The third-order valence-corrected chi connectivity index (χ3v) is 10.5. The number of anilines is 3. The minimum Gasteiger partial charge on any atom is -0.455 e. The number of para-hydroxylation sites is 1. The van der Waals surface area contributed by atoms with Crippen molar-refractivity contribution in [2.45, 2.75) is 0 Å². The molecule has 3 heteroatoms. The summed E-state index contributed by atoms with van der Waals surface area (Å²) in [5.74, 6) is 0. The maximum Gasteiger partial charge on any atom is 0.144 e. The number of nitrogens with zero attached hydrogens (tertiary/aromatic N) is 1. The van der Waals surface area contributed by atoms with Crippen LogP contribution in [0.3, 0.4) is 0 Å². The fourth-order valence-corrected chi connectivity index (χ4v) is 8.49. The van der Waals surface area contributed by atoms with Crippen LogP contribution in [0.4, 0.5) is 17.1 Å². The van der Waals surface area contributed by atoms with Crippen molar-refractivity contribution in [2.24, 2.45) is 0 Å². The van der Waals surface area contributed by atoms with Gasteiger partial charge in [-0.25, -0.2) is 0 Å². The second-order valence-corrected chi connectivity index (χ2v) is 13.2. The molecule has 0 aliphatic heterocycles. The van der Waals surface area contributed by atoms with Crippen LogP contribution < -0.4 is 4.90 Å². The van der Waals surface area contributed by atoms with Crippen LogP contribution in [0.1, 0.15) is 0 Å². The van der Waals surface area contributed by atoms with Gasteiger partial charge in [0.1, 0.15) is 11.2 Å². The van der Waals surface area contributed by atoms with E-state index < -0.39 is 0 Å². The second kappa shape index (κ2) is 10.3. The van der Waals surface area contributed by atoms with Crippen molar-refractivity contribution >= 4 is 92.1 Å². The van der Waals surface area contributed by atoms with Gasteiger partial charge >= 0.3 is 0 Å². The minimum atomic E-state index is 0.922. The molecule has 0 amide bonds. The Bertz CT molecular complexity index is 2800. The van der Waals surface area contributed by atoms with E-state index in [0.717, 1.165) is 33.6 Å². The number of thiophene rings is 1. The van der Waals surface area contributed by atoms with E-state index in [-0.39, 0.29) is 0 Å². The van der Waals surface area contributed by atoms with Gasteiger partial charge < -0.3 is 9.32 Å². The van der Waals surface area contributed by atoms with Crippen molar-refractivity contribution in [1.29, 1.82) is 0 Å². The van der Waals surface area contributed by atoms with Gasteiger partial charge in [-0.05, 0) is 87.3 Å². The fraction of sp³-hybridized carbons (Fsp3) is 0. The van der Waals surface area contributed by atoms with E-state index in [4.69, 9.17) is 4.42 Å². The average molecular weight is 618 g/mol. The van der Waals surface area contributed by atoms with Crippen LogP contribution in [0.2, 0.25) is 0 Å². The van der Waals surface area contributed by atoms with Crippen molar-refractivity contribution in [3.8, 4) is 11.1 Å². The van der Waals surface area contributed by atoms with Gasteiger partial charge in [0, 0.05) is 42.3 Å². The Morgan fingerprint density at radius 1 is 0.447 bits per heavy atom. The molecule has 0 saturated carbocycles. The Hall–Kier alpha value is -5.90. The standard InChI is InChI=1S/C44H27NOS/c1-2-15-31(16-3-1)45(32-17-8-14-30(27-32)34-20-9-13-28-11-4-6-18-33(28)34)37-21-10-22-39-42(37)43-40(47-39)26-24-36-41-35-19-7-5-12-29(35)23-25-38(41)46-44(36)43/h1-27H. The quantitative estimate of drug-likeness (QED) is 0.195. The molecule has 0 aliphatic rings. The number of hydrogen-bond acceptors (Lipinski definition) is 3. The van der Waals surface area contributed by atoms with Crippen molar-refractivity contribution in [2.75, 3.05) is 4.90 Å². The molecule has 47 heavy (non-hydrogen) atoms. The van der Waals surface area contributed by atoms with Crippen LogP contribution in [-0.2, 0) is 0 Å². The lowest BCUT2D eigenvalue weighted by atomic mass is 9.97. The van der Waals surface area contributed by atoms with Gasteiger partial charge in [0.15, 0.2) is 0 Å². The van der Waals surface area contributed by atoms with Crippen LogP contribution in [0.25, 0.3) is 74.8 Å². The topological polar surface area (TPSA) is 16.4 Å². The van der Waals surface area contributed by atoms with Gasteiger partial charge in [-0.3, -0.25) is 0 Å². The minimum absolute atomic E-state index is 0.922. The highest BCUT2D eigenvalue weighted by Gasteiger charge is 2.22. The SMILES string of the molecule is c1ccc(N(c2cccc(-c3cccc4ccccc34)c2)c2cccc3sc4ccc5c(oc6ccc7ccccc7c65)c4c23)cc1. The first kappa shape index (κ1) is 26.3. The predicted octanol–water partition coefficient (Wildman–Crippen LogP) is 13.4. The summed E-state index contributed by atoms with van der Waals surface area (Å²) >= 11 is 1.83. The van der Waals surface area contributed by atoms with E-state index in [9.17, 15) is 0 Å². The highest BCUT2D eigenvalue weighted by molar-refractivity contribution is 7.26. The first-order valence-electron chi connectivity index (χ1n) is 15.9. The maximum absolute atomic E-state index is 6.79. The zero-order valence-corrected chi connectivity index (χ0v) is 26.2. The molecule has 220 valence electrons. The molecule has 0 atom stereocenters. The highest BCUT2D eigenvalue weighted by Crippen LogP contribution is 2.49. The number of fused-ring (bicyclic) bond motifs is 10. The van der Waals surface area contributed by atoms with Gasteiger partial charge in [0.2, 0.25) is 0 Å². The van der Waals surface area contributed by atoms with E-state index >= 15 is 0 Å². The first-order chi connectivity index (χ1) is 23.3. The van der Waals surface area contributed by atoms with Crippen molar-refractivity contribution in [1.82, 2.24) is 0 Å². The summed E-state index contributed by atoms with van der Waals surface area (Å²) in [5, 5.41) is 9.66. The van der Waals surface area contributed by atoms with E-state index in [1.165, 1.54) is 58.2 Å². The molecule has 0 radical (unpaired) electrons. The fourth-order valence-electron chi connectivity index (χ4n) is 7.37. The van der Waals surface area contributed by atoms with Gasteiger partial charge in [-0.1, -0.05) is 109 Å². The Balaban J connectivity index is 1.26. The molecular formula is C44H27NOS. The second-order valence-electron chi connectivity index (χ2n) is 12.1. The largest absolute Gasteiger partial charge is 0.455 e. The molecule has 0 saturated heterocycles. The summed E-state index contributed by atoms with van der Waals surface area (Å²) in [6, 6.07) is 58.9. The van der Waals surface area contributed by atoms with Crippen LogP contribution in [0.5, 0.6) is 0 Å². The lowest BCUT2D eigenvalue weighted by molar-refractivity contribution is 0.673. The third-order valence-electron chi connectivity index (χ3n) is 9.43. The van der Waals surface area contributed by atoms with E-state index in [2.05, 4.69) is 169 Å². The molecule has 0 spiro atoms. The summed E-state index contributed by atoms with van der Waals surface area (Å²) in [6.07, 6.45) is 0. The molecule has 2 heterocycles. The summed E-state index contributed by atoms with van der Waals surface area (Å²) in [6.45, 7) is 0. The normalized spacial score (nSPS) is 11.8. The smallest absolute Gasteiger partial charge is 0.144 e. The molecule has 0 fully saturated rings. The van der Waals surface area contributed by atoms with Crippen LogP contribution in [0.15, 0.2) is 168 Å². The van der Waals surface area contributed by atoms with Gasteiger partial charge in [-0.15, -0.1) is 11.3 Å². The Kier molecular flexibility index (Phi) is 5.78. The van der Waals surface area contributed by atoms with Gasteiger partial charge in [0.05, 0.1) is 5.69 Å². The van der Waals surface area contributed by atoms with Crippen molar-refractivity contribution in [3.63, 3.8) is 0 Å². The van der Waals surface area contributed by atoms with Crippen LogP contribution >= 0.6 is 11.3 Å². The zero-order valence-electron chi connectivity index (χ0n) is 25.4. The molecule has 0 aliphatic carbocycles. The molecule has 8 aromatic carbocycles. The van der Waals surface area contributed by atoms with Crippen molar-refractivity contribution in [3.05, 3.63) is 164 Å². The summed E-state index contributed by atoms with van der Waals surface area (Å²) in [5.41, 5.74) is 7.64. The highest BCUT2D eigenvalue weighted by atomic mass is 32.1. The molecule has 10 rings (SSSR count). The van der Waals surface area contributed by atoms with E-state index in [1.807, 2.05) is 11.3 Å². The molecule has 0 unspecified atom stereocenters. The van der Waals surface area contributed by atoms with E-state index in [0.29, 0.717) is 0 Å². The number of rotatable bonds is 4. The van der Waals surface area contributed by atoms with Gasteiger partial charge in [0.25, 0.3) is 0 Å². The maximum atomic E-state index is 6.79. The number of furan rings is 1. The Morgan fingerprint density at radius 2 is 1.15 bits per heavy atom. The third kappa shape index (κ3) is 4.04. The first-order valence-corrected chi connectivity index (χ1v) is 16.7. The Morgan fingerprint density at radius 3 is 2.04 bits per heavy atom. The number of benzene rings is 8. The van der Waals surface area contributed by atoms with E-state index in [1.54, 1.807) is 0 Å².